The molecule has 0 saturated carbocycles. The molecule has 25 heavy (non-hydrogen) atoms. The summed E-state index contributed by atoms with van der Waals surface area (Å²) in [5, 5.41) is 3.81. The Morgan fingerprint density at radius 1 is 1.20 bits per heavy atom. The molecule has 0 fully saturated rings. The minimum Gasteiger partial charge on any atom is -0.450 e. The van der Waals surface area contributed by atoms with Crippen molar-refractivity contribution in [3.8, 4) is 0 Å². The molecule has 0 aromatic carbocycles. The van der Waals surface area contributed by atoms with Crippen molar-refractivity contribution in [1.29, 1.82) is 0 Å². The van der Waals surface area contributed by atoms with Crippen LogP contribution in [0.25, 0.3) is 0 Å². The summed E-state index contributed by atoms with van der Waals surface area (Å²) in [5.41, 5.74) is 2.70. The summed E-state index contributed by atoms with van der Waals surface area (Å²) >= 11 is 0. The van der Waals surface area contributed by atoms with Gasteiger partial charge in [0.15, 0.2) is 11.9 Å². The van der Waals surface area contributed by atoms with Gasteiger partial charge >= 0.3 is 5.97 Å². The Morgan fingerprint density at radius 3 is 2.36 bits per heavy atom. The van der Waals surface area contributed by atoms with Gasteiger partial charge in [-0.3, -0.25) is 9.59 Å². The molecule has 0 aliphatic rings. The van der Waals surface area contributed by atoms with Crippen LogP contribution < -0.4 is 0 Å². The number of ether oxygens (including phenoxy) is 1. The van der Waals surface area contributed by atoms with Crippen LogP contribution in [-0.2, 0) is 11.2 Å². The van der Waals surface area contributed by atoms with Crippen LogP contribution in [0.5, 0.6) is 0 Å². The number of ketones is 2. The van der Waals surface area contributed by atoms with E-state index in [1.807, 2.05) is 6.92 Å². The quantitative estimate of drug-likeness (QED) is 0.637. The molecule has 0 unspecified atom stereocenters. The van der Waals surface area contributed by atoms with Crippen LogP contribution in [0.2, 0.25) is 0 Å². The Kier molecular flexibility index (Phi) is 5.25. The largest absolute Gasteiger partial charge is 0.450 e. The smallest absolute Gasteiger partial charge is 0.344 e. The molecule has 0 radical (unpaired) electrons. The molecule has 0 saturated heterocycles. The summed E-state index contributed by atoms with van der Waals surface area (Å²) in [5.74, 6) is -0.812. The molecule has 0 aliphatic carbocycles. The highest BCUT2D eigenvalue weighted by atomic mass is 16.5. The van der Waals surface area contributed by atoms with Crippen molar-refractivity contribution in [1.82, 2.24) is 10.1 Å². The predicted molar refractivity (Wildman–Crippen MR) is 90.1 cm³/mol. The van der Waals surface area contributed by atoms with Crippen LogP contribution in [-0.4, -0.2) is 33.8 Å². The van der Waals surface area contributed by atoms with Crippen LogP contribution >= 0.6 is 0 Å². The van der Waals surface area contributed by atoms with Crippen LogP contribution in [0.4, 0.5) is 0 Å². The number of H-pyrrole nitrogens is 1. The first-order valence-electron chi connectivity index (χ1n) is 8.09. The molecular formula is C18H22N2O5. The van der Waals surface area contributed by atoms with Gasteiger partial charge in [0.1, 0.15) is 11.3 Å². The molecule has 2 heterocycles. The highest BCUT2D eigenvalue weighted by molar-refractivity contribution is 6.05. The first-order chi connectivity index (χ1) is 11.7. The maximum Gasteiger partial charge on any atom is 0.344 e. The molecule has 7 nitrogen and oxygen atoms in total. The number of carbonyl (C=O) groups excluding carboxylic acids is 3. The van der Waals surface area contributed by atoms with E-state index >= 15 is 0 Å². The third-order valence-corrected chi connectivity index (χ3v) is 4.16. The van der Waals surface area contributed by atoms with Gasteiger partial charge in [0, 0.05) is 11.3 Å². The number of aromatic amines is 1. The highest BCUT2D eigenvalue weighted by Gasteiger charge is 2.28. The normalized spacial score (nSPS) is 12.1. The predicted octanol–water partition coefficient (Wildman–Crippen LogP) is 3.12. The second-order valence-corrected chi connectivity index (χ2v) is 6.01. The summed E-state index contributed by atoms with van der Waals surface area (Å²) in [7, 11) is 0. The van der Waals surface area contributed by atoms with Gasteiger partial charge in [0.2, 0.25) is 5.78 Å². The maximum atomic E-state index is 12.6. The number of esters is 1. The van der Waals surface area contributed by atoms with E-state index in [4.69, 9.17) is 9.26 Å². The maximum absolute atomic E-state index is 12.6. The SMILES string of the molecule is CCc1noc(C)c1C(=O)O[C@H](C)C(=O)c1[nH]c(C)c(C(C)=O)c1C. The summed E-state index contributed by atoms with van der Waals surface area (Å²) < 4.78 is 10.3. The van der Waals surface area contributed by atoms with Crippen molar-refractivity contribution in [2.75, 3.05) is 0 Å². The molecule has 0 bridgehead atoms. The highest BCUT2D eigenvalue weighted by Crippen LogP contribution is 2.21. The van der Waals surface area contributed by atoms with E-state index in [2.05, 4.69) is 10.1 Å². The third-order valence-electron chi connectivity index (χ3n) is 4.16. The fraction of sp³-hybridized carbons (Fsp3) is 0.444. The average molecular weight is 346 g/mol. The molecule has 1 N–H and O–H groups in total. The number of nitrogens with one attached hydrogen (secondary N) is 1. The molecule has 0 spiro atoms. The second-order valence-electron chi connectivity index (χ2n) is 6.01. The number of hydrogen-bond donors (Lipinski definition) is 1. The first kappa shape index (κ1) is 18.6. The van der Waals surface area contributed by atoms with Gasteiger partial charge in [-0.2, -0.15) is 0 Å². The number of Topliss-reactive ketones (excluding diaryl/α,β-unsaturated/α-hetero) is 2. The minimum absolute atomic E-state index is 0.123. The summed E-state index contributed by atoms with van der Waals surface area (Å²) in [6, 6.07) is 0. The van der Waals surface area contributed by atoms with Crippen molar-refractivity contribution < 1.29 is 23.6 Å². The second kappa shape index (κ2) is 7.04. The number of hydrogen-bond acceptors (Lipinski definition) is 6. The Morgan fingerprint density at radius 2 is 1.84 bits per heavy atom. The molecule has 2 rings (SSSR count). The van der Waals surface area contributed by atoms with Crippen LogP contribution in [0.3, 0.4) is 0 Å². The molecule has 7 heteroatoms. The van der Waals surface area contributed by atoms with Crippen molar-refractivity contribution in [2.24, 2.45) is 0 Å². The van der Waals surface area contributed by atoms with Crippen LogP contribution in [0.15, 0.2) is 4.52 Å². The third kappa shape index (κ3) is 3.40. The monoisotopic (exact) mass is 346 g/mol. The number of rotatable bonds is 6. The van der Waals surface area contributed by atoms with Crippen LogP contribution in [0.1, 0.15) is 74.7 Å². The van der Waals surface area contributed by atoms with Crippen molar-refractivity contribution in [3.63, 3.8) is 0 Å². The zero-order valence-corrected chi connectivity index (χ0v) is 15.3. The molecule has 0 amide bonds. The lowest BCUT2D eigenvalue weighted by molar-refractivity contribution is 0.0314. The number of aromatic nitrogens is 2. The lowest BCUT2D eigenvalue weighted by atomic mass is 10.0. The molecule has 134 valence electrons. The standard InChI is InChI=1S/C18H22N2O5/c1-7-13-15(11(5)25-20-13)18(23)24-12(6)17(22)16-8(2)14(10(4)21)9(3)19-16/h12,19H,7H2,1-6H3/t12-/m1/s1. The Labute approximate surface area is 145 Å². The van der Waals surface area contributed by atoms with Gasteiger partial charge in [-0.1, -0.05) is 12.1 Å². The first-order valence-corrected chi connectivity index (χ1v) is 8.09. The van der Waals surface area contributed by atoms with E-state index in [1.54, 1.807) is 20.8 Å². The lowest BCUT2D eigenvalue weighted by Gasteiger charge is -2.12. The Bertz CT molecular complexity index is 844. The van der Waals surface area contributed by atoms with Crippen molar-refractivity contribution >= 4 is 17.5 Å². The van der Waals surface area contributed by atoms with Crippen molar-refractivity contribution in [3.05, 3.63) is 39.5 Å². The summed E-state index contributed by atoms with van der Waals surface area (Å²) in [6.45, 7) is 9.83. The van der Waals surface area contributed by atoms with Crippen molar-refractivity contribution in [2.45, 2.75) is 54.1 Å². The van der Waals surface area contributed by atoms with E-state index < -0.39 is 17.9 Å². The summed E-state index contributed by atoms with van der Waals surface area (Å²) in [6.07, 6.45) is -0.496. The topological polar surface area (TPSA) is 102 Å². The summed E-state index contributed by atoms with van der Waals surface area (Å²) in [4.78, 5) is 39.6. The fourth-order valence-corrected chi connectivity index (χ4v) is 2.92. The number of carbonyl (C=O) groups is 3. The fourth-order valence-electron chi connectivity index (χ4n) is 2.92. The van der Waals surface area contributed by atoms with Gasteiger partial charge in [0.25, 0.3) is 0 Å². The van der Waals surface area contributed by atoms with E-state index in [0.717, 1.165) is 0 Å². The zero-order valence-electron chi connectivity index (χ0n) is 15.3. The Hall–Kier alpha value is -2.70. The van der Waals surface area contributed by atoms with E-state index in [-0.39, 0.29) is 17.0 Å². The molecule has 2 aromatic rings. The average Bonchev–Trinajstić information content (AvgIpc) is 3.05. The van der Waals surface area contributed by atoms with Gasteiger partial charge in [-0.15, -0.1) is 0 Å². The molecule has 0 aliphatic heterocycles. The lowest BCUT2D eigenvalue weighted by Crippen LogP contribution is -2.26. The molecule has 1 atom stereocenters. The van der Waals surface area contributed by atoms with E-state index in [9.17, 15) is 14.4 Å². The molecule has 2 aromatic heterocycles. The van der Waals surface area contributed by atoms with Gasteiger partial charge in [-0.25, -0.2) is 4.79 Å². The minimum atomic E-state index is -1.01. The van der Waals surface area contributed by atoms with Crippen LogP contribution in [0, 0.1) is 20.8 Å². The number of aryl methyl sites for hydroxylation is 3. The van der Waals surface area contributed by atoms with Gasteiger partial charge < -0.3 is 14.2 Å². The zero-order chi connectivity index (χ0) is 18.9. The van der Waals surface area contributed by atoms with Gasteiger partial charge in [0.05, 0.1) is 11.4 Å². The van der Waals surface area contributed by atoms with Gasteiger partial charge in [-0.05, 0) is 46.6 Å². The number of nitrogens with zero attached hydrogens (tertiary/aromatic N) is 1. The van der Waals surface area contributed by atoms with E-state index in [0.29, 0.717) is 34.7 Å². The molecular weight excluding hydrogens is 324 g/mol. The Balaban J connectivity index is 2.24. The van der Waals surface area contributed by atoms with E-state index in [1.165, 1.54) is 13.8 Å².